The van der Waals surface area contributed by atoms with E-state index in [2.05, 4.69) is 0 Å². The molecule has 0 saturated carbocycles. The minimum absolute atomic E-state index is 0.0254. The molecule has 0 fully saturated rings. The topological polar surface area (TPSA) is 40.5 Å². The Labute approximate surface area is 119 Å². The third-order valence-corrected chi connectivity index (χ3v) is 3.06. The van der Waals surface area contributed by atoms with E-state index in [9.17, 15) is 18.0 Å². The highest BCUT2D eigenvalue weighted by Crippen LogP contribution is 2.33. The minimum atomic E-state index is -4.44. The van der Waals surface area contributed by atoms with Gasteiger partial charge < -0.3 is 10.0 Å². The Morgan fingerprint density at radius 2 is 1.76 bits per heavy atom. The third-order valence-electron chi connectivity index (χ3n) is 3.06. The second-order valence-corrected chi connectivity index (χ2v) is 4.43. The molecule has 0 aliphatic rings. The highest BCUT2D eigenvalue weighted by molar-refractivity contribution is 5.95. The van der Waals surface area contributed by atoms with Gasteiger partial charge in [0, 0.05) is 12.7 Å². The van der Waals surface area contributed by atoms with E-state index in [4.69, 9.17) is 5.11 Å². The van der Waals surface area contributed by atoms with Crippen molar-refractivity contribution in [3.63, 3.8) is 0 Å². The van der Waals surface area contributed by atoms with E-state index in [1.807, 2.05) is 0 Å². The molecular formula is C15H12F3NO2. The Kier molecular flexibility index (Phi) is 3.88. The van der Waals surface area contributed by atoms with Crippen LogP contribution in [-0.2, 0) is 6.18 Å². The van der Waals surface area contributed by atoms with Crippen molar-refractivity contribution in [1.82, 2.24) is 0 Å². The number of anilines is 2. The normalized spacial score (nSPS) is 11.2. The second-order valence-electron chi connectivity index (χ2n) is 4.43. The molecule has 0 amide bonds. The van der Waals surface area contributed by atoms with Crippen molar-refractivity contribution >= 4 is 17.3 Å². The summed E-state index contributed by atoms with van der Waals surface area (Å²) in [6, 6.07) is 10.9. The van der Waals surface area contributed by atoms with Gasteiger partial charge in [-0.05, 0) is 30.3 Å². The molecule has 0 atom stereocenters. The van der Waals surface area contributed by atoms with Gasteiger partial charge in [0.05, 0.1) is 16.8 Å². The van der Waals surface area contributed by atoms with Gasteiger partial charge in [-0.25, -0.2) is 4.79 Å². The quantitative estimate of drug-likeness (QED) is 0.923. The number of aromatic carboxylic acids is 1. The molecule has 2 rings (SSSR count). The van der Waals surface area contributed by atoms with E-state index in [-0.39, 0.29) is 11.3 Å². The van der Waals surface area contributed by atoms with E-state index in [1.165, 1.54) is 30.1 Å². The molecule has 1 N–H and O–H groups in total. The molecule has 0 spiro atoms. The van der Waals surface area contributed by atoms with Crippen LogP contribution in [0.3, 0.4) is 0 Å². The van der Waals surface area contributed by atoms with E-state index in [0.717, 1.165) is 12.1 Å². The van der Waals surface area contributed by atoms with Gasteiger partial charge in [-0.3, -0.25) is 0 Å². The van der Waals surface area contributed by atoms with Crippen LogP contribution in [0, 0.1) is 0 Å². The lowest BCUT2D eigenvalue weighted by Gasteiger charge is -2.22. The molecule has 3 nitrogen and oxygen atoms in total. The maximum Gasteiger partial charge on any atom is 0.416 e. The Bertz CT molecular complexity index is 668. The molecule has 2 aromatic rings. The summed E-state index contributed by atoms with van der Waals surface area (Å²) in [4.78, 5) is 12.6. The predicted octanol–water partition coefficient (Wildman–Crippen LogP) is 4.17. The number of benzene rings is 2. The summed E-state index contributed by atoms with van der Waals surface area (Å²) in [6.45, 7) is 0. The van der Waals surface area contributed by atoms with Gasteiger partial charge in [0.25, 0.3) is 0 Å². The molecule has 0 saturated heterocycles. The number of alkyl halides is 3. The number of carboxylic acids is 1. The van der Waals surface area contributed by atoms with Gasteiger partial charge in [-0.15, -0.1) is 0 Å². The molecule has 0 unspecified atom stereocenters. The van der Waals surface area contributed by atoms with E-state index >= 15 is 0 Å². The van der Waals surface area contributed by atoms with Gasteiger partial charge in [0.15, 0.2) is 0 Å². The number of hydrogen-bond acceptors (Lipinski definition) is 2. The maximum atomic E-state index is 12.7. The largest absolute Gasteiger partial charge is 0.478 e. The van der Waals surface area contributed by atoms with Gasteiger partial charge in [0.1, 0.15) is 0 Å². The van der Waals surface area contributed by atoms with Gasteiger partial charge in [0.2, 0.25) is 0 Å². The highest BCUT2D eigenvalue weighted by atomic mass is 19.4. The standard InChI is InChI=1S/C15H12F3NO2/c1-19(13-8-3-2-7-12(13)14(20)21)11-6-4-5-10(9-11)15(16,17)18/h2-9H,1H3,(H,20,21). The van der Waals surface area contributed by atoms with Crippen LogP contribution in [0.25, 0.3) is 0 Å². The molecular weight excluding hydrogens is 283 g/mol. The second kappa shape index (κ2) is 5.47. The number of carboxylic acid groups (broad SMARTS) is 1. The van der Waals surface area contributed by atoms with Crippen LogP contribution in [0.5, 0.6) is 0 Å². The first-order valence-electron chi connectivity index (χ1n) is 6.04. The molecule has 0 radical (unpaired) electrons. The molecule has 0 aromatic heterocycles. The van der Waals surface area contributed by atoms with Crippen molar-refractivity contribution in [2.75, 3.05) is 11.9 Å². The van der Waals surface area contributed by atoms with Crippen molar-refractivity contribution < 1.29 is 23.1 Å². The number of rotatable bonds is 3. The van der Waals surface area contributed by atoms with Crippen LogP contribution in [0.1, 0.15) is 15.9 Å². The van der Waals surface area contributed by atoms with Crippen LogP contribution in [0.4, 0.5) is 24.5 Å². The fourth-order valence-corrected chi connectivity index (χ4v) is 1.98. The first-order chi connectivity index (χ1) is 9.80. The number of para-hydroxylation sites is 1. The smallest absolute Gasteiger partial charge is 0.416 e. The molecule has 2 aromatic carbocycles. The number of hydrogen-bond donors (Lipinski definition) is 1. The zero-order chi connectivity index (χ0) is 15.6. The monoisotopic (exact) mass is 295 g/mol. The molecule has 0 bridgehead atoms. The van der Waals surface area contributed by atoms with Crippen LogP contribution in [-0.4, -0.2) is 18.1 Å². The van der Waals surface area contributed by atoms with Crippen molar-refractivity contribution in [2.45, 2.75) is 6.18 Å². The summed E-state index contributed by atoms with van der Waals surface area (Å²) in [5.41, 5.74) is -0.167. The lowest BCUT2D eigenvalue weighted by molar-refractivity contribution is -0.137. The molecule has 110 valence electrons. The fourth-order valence-electron chi connectivity index (χ4n) is 1.98. The maximum absolute atomic E-state index is 12.7. The first-order valence-corrected chi connectivity index (χ1v) is 6.04. The highest BCUT2D eigenvalue weighted by Gasteiger charge is 2.30. The van der Waals surface area contributed by atoms with Gasteiger partial charge >= 0.3 is 12.1 Å². The number of nitrogens with zero attached hydrogens (tertiary/aromatic N) is 1. The molecule has 0 aliphatic carbocycles. The van der Waals surface area contributed by atoms with Crippen LogP contribution >= 0.6 is 0 Å². The molecule has 0 aliphatic heterocycles. The summed E-state index contributed by atoms with van der Waals surface area (Å²) in [5.74, 6) is -1.13. The van der Waals surface area contributed by atoms with Gasteiger partial charge in [-0.1, -0.05) is 18.2 Å². The van der Waals surface area contributed by atoms with Crippen LogP contribution < -0.4 is 4.90 Å². The van der Waals surface area contributed by atoms with Crippen molar-refractivity contribution in [1.29, 1.82) is 0 Å². The summed E-state index contributed by atoms with van der Waals surface area (Å²) in [7, 11) is 1.53. The van der Waals surface area contributed by atoms with E-state index in [0.29, 0.717) is 5.69 Å². The average Bonchev–Trinajstić information content (AvgIpc) is 2.45. The van der Waals surface area contributed by atoms with Crippen molar-refractivity contribution in [2.24, 2.45) is 0 Å². The summed E-state index contributed by atoms with van der Waals surface area (Å²) in [5, 5.41) is 9.14. The van der Waals surface area contributed by atoms with Crippen LogP contribution in [0.15, 0.2) is 48.5 Å². The molecule has 6 heteroatoms. The van der Waals surface area contributed by atoms with E-state index in [1.54, 1.807) is 18.2 Å². The molecule has 21 heavy (non-hydrogen) atoms. The summed E-state index contributed by atoms with van der Waals surface area (Å²) < 4.78 is 38.2. The summed E-state index contributed by atoms with van der Waals surface area (Å²) in [6.07, 6.45) is -4.44. The summed E-state index contributed by atoms with van der Waals surface area (Å²) >= 11 is 0. The van der Waals surface area contributed by atoms with Crippen LogP contribution in [0.2, 0.25) is 0 Å². The SMILES string of the molecule is CN(c1cccc(C(F)(F)F)c1)c1ccccc1C(=O)O. The Morgan fingerprint density at radius 3 is 2.38 bits per heavy atom. The predicted molar refractivity (Wildman–Crippen MR) is 72.9 cm³/mol. The van der Waals surface area contributed by atoms with E-state index < -0.39 is 17.7 Å². The fraction of sp³-hybridized carbons (Fsp3) is 0.133. The van der Waals surface area contributed by atoms with Crippen molar-refractivity contribution in [3.05, 3.63) is 59.7 Å². The zero-order valence-electron chi connectivity index (χ0n) is 11.1. The number of carbonyl (C=O) groups is 1. The molecule has 0 heterocycles. The average molecular weight is 295 g/mol. The van der Waals surface area contributed by atoms with Crippen molar-refractivity contribution in [3.8, 4) is 0 Å². The zero-order valence-corrected chi connectivity index (χ0v) is 11.1. The van der Waals surface area contributed by atoms with Gasteiger partial charge in [-0.2, -0.15) is 13.2 Å². The minimum Gasteiger partial charge on any atom is -0.478 e. The lowest BCUT2D eigenvalue weighted by Crippen LogP contribution is -2.15. The number of halogens is 3. The Morgan fingerprint density at radius 1 is 1.10 bits per heavy atom. The first kappa shape index (κ1) is 14.9. The third kappa shape index (κ3) is 3.16. The lowest BCUT2D eigenvalue weighted by atomic mass is 10.1. The Balaban J connectivity index is 2.46. The Hall–Kier alpha value is -2.50.